The van der Waals surface area contributed by atoms with Crippen LogP contribution in [0.4, 0.5) is 0 Å². The molecule has 0 unspecified atom stereocenters. The molecule has 10 radical (unpaired) electrons. The third-order valence-corrected chi connectivity index (χ3v) is 3.92. The summed E-state index contributed by atoms with van der Waals surface area (Å²) in [5.74, 6) is 2.73. The van der Waals surface area contributed by atoms with E-state index in [1.54, 1.807) is 0 Å². The van der Waals surface area contributed by atoms with E-state index in [0.29, 0.717) is 6.54 Å². The number of nitrogens with zero attached hydrogens (tertiary/aromatic N) is 1. The monoisotopic (exact) mass is 673 g/mol. The van der Waals surface area contributed by atoms with E-state index < -0.39 is 0 Å². The Kier molecular flexibility index (Phi) is 51.5. The third kappa shape index (κ3) is 30.5. The molecule has 0 aromatic heterocycles. The smallest absolute Gasteiger partial charge is 0 e. The molecule has 2 aromatic carbocycles. The van der Waals surface area contributed by atoms with Gasteiger partial charge in [0.1, 0.15) is 0 Å². The van der Waals surface area contributed by atoms with Gasteiger partial charge in [0, 0.05) is 55.2 Å². The molecule has 2 aromatic rings. The van der Waals surface area contributed by atoms with Crippen molar-refractivity contribution in [1.82, 2.24) is 4.90 Å². The van der Waals surface area contributed by atoms with Gasteiger partial charge in [-0.3, -0.25) is 4.90 Å². The summed E-state index contributed by atoms with van der Waals surface area (Å²) in [6.07, 6.45) is 25.4. The van der Waals surface area contributed by atoms with E-state index in [-0.39, 0.29) is 42.1 Å². The molecule has 2 fully saturated rings. The van der Waals surface area contributed by atoms with E-state index in [4.69, 9.17) is 25.0 Å². The minimum atomic E-state index is 0. The summed E-state index contributed by atoms with van der Waals surface area (Å²) in [5, 5.41) is 0. The number of rotatable bonds is 5. The Bertz CT molecular complexity index is 732. The minimum Gasteiger partial charge on any atom is -0.0312 e. The molecule has 0 N–H and O–H groups in total. The van der Waals surface area contributed by atoms with Crippen LogP contribution in [0, 0.1) is 103 Å². The van der Waals surface area contributed by atoms with Crippen LogP contribution in [0.5, 0.6) is 0 Å². The molecule has 0 spiro atoms. The molecule has 2 aliphatic rings. The van der Waals surface area contributed by atoms with Crippen molar-refractivity contribution < 1.29 is 60.7 Å². The van der Waals surface area contributed by atoms with Crippen molar-refractivity contribution in [3.05, 3.63) is 163 Å². The van der Waals surface area contributed by atoms with E-state index in [0.717, 1.165) is 13.1 Å². The standard InChI is InChI=1S/C17H17N.2C5H5.4CO.2Mo/c1-2-13-18(14-16-9-5-3-6-10-16)15-17-11-7-4-8-12-17;2*1-2-4-5-3-1;4*1-2;;/h1,3-12H,13-15H2;2*1-5H;;;;;;. The number of hydrogen-bond acceptors (Lipinski definition) is 1. The average Bonchev–Trinajstić information content (AvgIpc) is 3.75. The molecule has 7 heteroatoms. The predicted octanol–water partition coefficient (Wildman–Crippen LogP) is 5.21. The van der Waals surface area contributed by atoms with Crippen molar-refractivity contribution >= 4 is 0 Å². The first-order valence-corrected chi connectivity index (χ1v) is 10.3. The van der Waals surface area contributed by atoms with Crippen LogP contribution < -0.4 is 0 Å². The quantitative estimate of drug-likeness (QED) is 0.186. The van der Waals surface area contributed by atoms with Crippen molar-refractivity contribution in [3.8, 4) is 12.3 Å². The normalized spacial score (nSPS) is 11.4. The summed E-state index contributed by atoms with van der Waals surface area (Å²) in [5.41, 5.74) is 2.59. The Hall–Kier alpha value is -1.70. The van der Waals surface area contributed by atoms with Gasteiger partial charge in [0.2, 0.25) is 0 Å². The van der Waals surface area contributed by atoms with Gasteiger partial charge in [-0.05, 0) is 75.3 Å². The maximum absolute atomic E-state index is 7.50. The molecule has 0 atom stereocenters. The summed E-state index contributed by atoms with van der Waals surface area (Å²) in [6, 6.07) is 20.8. The molecule has 0 bridgehead atoms. The van der Waals surface area contributed by atoms with E-state index >= 15 is 0 Å². The third-order valence-electron chi connectivity index (χ3n) is 3.92. The fraction of sp³-hybridized carbons (Fsp3) is 0.0968. The second-order valence-corrected chi connectivity index (χ2v) is 6.24. The van der Waals surface area contributed by atoms with Crippen LogP contribution >= 0.6 is 0 Å². The maximum Gasteiger partial charge on any atom is 0 e. The van der Waals surface area contributed by atoms with Gasteiger partial charge in [-0.2, -0.15) is 0 Å². The first kappa shape index (κ1) is 46.2. The molecular formula is C31H27Mo2NO4. The van der Waals surface area contributed by atoms with Crippen LogP contribution in [0.25, 0.3) is 0 Å². The van der Waals surface area contributed by atoms with Crippen LogP contribution in [-0.4, -0.2) is 11.4 Å². The van der Waals surface area contributed by atoms with Gasteiger partial charge in [-0.1, -0.05) is 66.6 Å². The Labute approximate surface area is 259 Å². The molecule has 38 heavy (non-hydrogen) atoms. The van der Waals surface area contributed by atoms with Crippen molar-refractivity contribution in [1.29, 1.82) is 0 Å². The Balaban J connectivity index is -0.000000150. The van der Waals surface area contributed by atoms with Gasteiger partial charge in [0.05, 0.1) is 6.54 Å². The molecular weight excluding hydrogens is 642 g/mol. The fourth-order valence-corrected chi connectivity index (χ4v) is 2.62. The van der Waals surface area contributed by atoms with Crippen LogP contribution in [0.2, 0.25) is 0 Å². The second kappa shape index (κ2) is 42.4. The predicted molar refractivity (Wildman–Crippen MR) is 135 cm³/mol. The number of hydrogen-bond donors (Lipinski definition) is 0. The molecule has 0 heterocycles. The van der Waals surface area contributed by atoms with E-state index in [2.05, 4.69) is 86.0 Å². The molecule has 192 valence electrons. The van der Waals surface area contributed by atoms with Crippen LogP contribution in [0.1, 0.15) is 11.1 Å². The van der Waals surface area contributed by atoms with Crippen molar-refractivity contribution in [2.75, 3.05) is 6.54 Å². The van der Waals surface area contributed by atoms with E-state index in [9.17, 15) is 0 Å². The Morgan fingerprint density at radius 1 is 0.500 bits per heavy atom. The summed E-state index contributed by atoms with van der Waals surface area (Å²) in [7, 11) is 0. The molecule has 4 rings (SSSR count). The SMILES string of the molecule is C#CCN(Cc1ccccc1)Cc1ccccc1.[C-]#[O+].[C-]#[O+].[C-]#[O+].[C-]#[O+].[CH]1[CH][CH][CH][CH]1.[CH]1[CH][CH][CH][CH]1.[Mo].[Mo]. The maximum atomic E-state index is 7.50. The molecule has 0 aliphatic heterocycles. The largest absolute Gasteiger partial charge is 0.0312 e. The Morgan fingerprint density at radius 2 is 0.737 bits per heavy atom. The molecule has 2 aliphatic carbocycles. The summed E-state index contributed by atoms with van der Waals surface area (Å²) in [6.45, 7) is 20.4. The van der Waals surface area contributed by atoms with Crippen LogP contribution in [0.15, 0.2) is 60.7 Å². The summed E-state index contributed by atoms with van der Waals surface area (Å²) < 4.78 is 30.0. The molecule has 2 saturated carbocycles. The first-order chi connectivity index (χ1) is 17.9. The summed E-state index contributed by atoms with van der Waals surface area (Å²) >= 11 is 0. The van der Waals surface area contributed by atoms with Crippen molar-refractivity contribution in [2.45, 2.75) is 13.1 Å². The van der Waals surface area contributed by atoms with Gasteiger partial charge in [-0.15, -0.1) is 6.42 Å². The van der Waals surface area contributed by atoms with Gasteiger partial charge < -0.3 is 0 Å². The molecule has 0 saturated heterocycles. The van der Waals surface area contributed by atoms with Gasteiger partial charge >= 0.3 is 45.2 Å². The zero-order chi connectivity index (χ0) is 27.7. The fourth-order valence-electron chi connectivity index (χ4n) is 2.62. The van der Waals surface area contributed by atoms with E-state index in [1.165, 1.54) is 11.1 Å². The molecule has 5 nitrogen and oxygen atoms in total. The van der Waals surface area contributed by atoms with Gasteiger partial charge in [0.15, 0.2) is 0 Å². The average molecular weight is 669 g/mol. The van der Waals surface area contributed by atoms with Crippen LogP contribution in [-0.2, 0) is 73.8 Å². The van der Waals surface area contributed by atoms with Crippen LogP contribution in [0.3, 0.4) is 0 Å². The Morgan fingerprint density at radius 3 is 0.947 bits per heavy atom. The van der Waals surface area contributed by atoms with E-state index in [1.807, 2.05) is 76.3 Å². The zero-order valence-electron chi connectivity index (χ0n) is 20.6. The number of benzene rings is 2. The molecule has 0 amide bonds. The van der Waals surface area contributed by atoms with Gasteiger partial charge in [0.25, 0.3) is 0 Å². The van der Waals surface area contributed by atoms with Crippen molar-refractivity contribution in [3.63, 3.8) is 0 Å². The topological polar surface area (TPSA) is 82.8 Å². The van der Waals surface area contributed by atoms with Crippen molar-refractivity contribution in [2.24, 2.45) is 0 Å². The van der Waals surface area contributed by atoms with Gasteiger partial charge in [-0.25, -0.2) is 0 Å². The zero-order valence-corrected chi connectivity index (χ0v) is 24.7. The second-order valence-electron chi connectivity index (χ2n) is 6.24. The first-order valence-electron chi connectivity index (χ1n) is 10.3. The summed E-state index contributed by atoms with van der Waals surface area (Å²) in [4.78, 5) is 2.27. The number of terminal acetylenes is 1. The minimum absolute atomic E-state index is 0.